The summed E-state index contributed by atoms with van der Waals surface area (Å²) in [6.45, 7) is 4.99. The van der Waals surface area contributed by atoms with Crippen LogP contribution in [0, 0.1) is 5.92 Å². The molecule has 3 rings (SSSR count). The Hall–Kier alpha value is -0.900. The zero-order valence-electron chi connectivity index (χ0n) is 10.9. The minimum absolute atomic E-state index is 0.0868. The molecule has 0 bridgehead atoms. The van der Waals surface area contributed by atoms with Crippen molar-refractivity contribution in [2.75, 3.05) is 6.61 Å². The number of fused-ring (bicyclic) bond motifs is 1. The maximum atomic E-state index is 6.09. The third kappa shape index (κ3) is 2.30. The van der Waals surface area contributed by atoms with Gasteiger partial charge in [-0.3, -0.25) is 0 Å². The van der Waals surface area contributed by atoms with Crippen molar-refractivity contribution in [2.24, 2.45) is 5.92 Å². The van der Waals surface area contributed by atoms with Crippen LogP contribution in [0.15, 0.2) is 30.3 Å². The first-order chi connectivity index (χ1) is 8.74. The molecule has 0 amide bonds. The SMILES string of the molecule is CC1CC(C)C2OC(c3ccccc3)OC[C@H]2O1. The van der Waals surface area contributed by atoms with Crippen LogP contribution in [-0.4, -0.2) is 24.9 Å². The Kier molecular flexibility index (Phi) is 3.37. The summed E-state index contributed by atoms with van der Waals surface area (Å²) in [5, 5.41) is 0. The predicted molar refractivity (Wildman–Crippen MR) is 68.1 cm³/mol. The maximum Gasteiger partial charge on any atom is 0.184 e. The first kappa shape index (κ1) is 12.2. The molecule has 2 fully saturated rings. The molecule has 18 heavy (non-hydrogen) atoms. The first-order valence-corrected chi connectivity index (χ1v) is 6.71. The molecule has 0 N–H and O–H groups in total. The van der Waals surface area contributed by atoms with Crippen molar-refractivity contribution >= 4 is 0 Å². The number of rotatable bonds is 1. The molecular formula is C15H20O3. The number of hydrogen-bond donors (Lipinski definition) is 0. The average Bonchev–Trinajstić information content (AvgIpc) is 2.39. The van der Waals surface area contributed by atoms with Crippen LogP contribution in [0.25, 0.3) is 0 Å². The molecule has 0 spiro atoms. The molecule has 4 unspecified atom stereocenters. The fraction of sp³-hybridized carbons (Fsp3) is 0.600. The molecular weight excluding hydrogens is 228 g/mol. The van der Waals surface area contributed by atoms with Crippen LogP contribution >= 0.6 is 0 Å². The van der Waals surface area contributed by atoms with Crippen LogP contribution in [0.3, 0.4) is 0 Å². The summed E-state index contributed by atoms with van der Waals surface area (Å²) in [5.41, 5.74) is 1.08. The summed E-state index contributed by atoms with van der Waals surface area (Å²) in [5.74, 6) is 0.522. The maximum absolute atomic E-state index is 6.09. The van der Waals surface area contributed by atoms with E-state index in [0.29, 0.717) is 18.6 Å². The summed E-state index contributed by atoms with van der Waals surface area (Å²) in [4.78, 5) is 0. The molecule has 1 aromatic carbocycles. The van der Waals surface area contributed by atoms with Crippen LogP contribution in [0.5, 0.6) is 0 Å². The molecule has 1 aromatic rings. The second kappa shape index (κ2) is 5.00. The minimum atomic E-state index is -0.244. The molecule has 2 heterocycles. The van der Waals surface area contributed by atoms with Gasteiger partial charge in [0, 0.05) is 5.56 Å². The fourth-order valence-electron chi connectivity index (χ4n) is 2.96. The summed E-state index contributed by atoms with van der Waals surface area (Å²) in [7, 11) is 0. The summed E-state index contributed by atoms with van der Waals surface area (Å²) in [6.07, 6.45) is 1.36. The van der Waals surface area contributed by atoms with Crippen molar-refractivity contribution in [1.82, 2.24) is 0 Å². The Morgan fingerprint density at radius 3 is 2.61 bits per heavy atom. The number of benzene rings is 1. The van der Waals surface area contributed by atoms with Crippen molar-refractivity contribution in [3.8, 4) is 0 Å². The van der Waals surface area contributed by atoms with Gasteiger partial charge in [0.1, 0.15) is 6.10 Å². The van der Waals surface area contributed by atoms with E-state index in [1.54, 1.807) is 0 Å². The molecule has 2 saturated heterocycles. The molecule has 5 atom stereocenters. The summed E-state index contributed by atoms with van der Waals surface area (Å²) < 4.78 is 17.8. The number of ether oxygens (including phenoxy) is 3. The Labute approximate surface area is 108 Å². The van der Waals surface area contributed by atoms with Gasteiger partial charge in [0.25, 0.3) is 0 Å². The highest BCUT2D eigenvalue weighted by Crippen LogP contribution is 2.36. The van der Waals surface area contributed by atoms with Crippen LogP contribution < -0.4 is 0 Å². The average molecular weight is 248 g/mol. The topological polar surface area (TPSA) is 27.7 Å². The normalized spacial score (nSPS) is 40.2. The minimum Gasteiger partial charge on any atom is -0.370 e. The zero-order valence-corrected chi connectivity index (χ0v) is 10.9. The molecule has 2 aliphatic rings. The highest BCUT2D eigenvalue weighted by molar-refractivity contribution is 5.16. The van der Waals surface area contributed by atoms with E-state index in [1.165, 1.54) is 0 Å². The molecule has 0 aromatic heterocycles. The quantitative estimate of drug-likeness (QED) is 0.765. The third-order valence-electron chi connectivity index (χ3n) is 3.80. The zero-order chi connectivity index (χ0) is 12.5. The fourth-order valence-corrected chi connectivity index (χ4v) is 2.96. The van der Waals surface area contributed by atoms with Gasteiger partial charge in [-0.1, -0.05) is 37.3 Å². The lowest BCUT2D eigenvalue weighted by atomic mass is 9.90. The van der Waals surface area contributed by atoms with Gasteiger partial charge < -0.3 is 14.2 Å². The Balaban J connectivity index is 1.73. The van der Waals surface area contributed by atoms with E-state index in [4.69, 9.17) is 14.2 Å². The van der Waals surface area contributed by atoms with Gasteiger partial charge in [-0.2, -0.15) is 0 Å². The van der Waals surface area contributed by atoms with E-state index < -0.39 is 0 Å². The predicted octanol–water partition coefficient (Wildman–Crippen LogP) is 2.91. The van der Waals surface area contributed by atoms with E-state index in [9.17, 15) is 0 Å². The van der Waals surface area contributed by atoms with Crippen LogP contribution in [-0.2, 0) is 14.2 Å². The third-order valence-corrected chi connectivity index (χ3v) is 3.80. The Morgan fingerprint density at radius 1 is 1.06 bits per heavy atom. The largest absolute Gasteiger partial charge is 0.370 e. The van der Waals surface area contributed by atoms with E-state index in [1.807, 2.05) is 30.3 Å². The van der Waals surface area contributed by atoms with Gasteiger partial charge in [0.15, 0.2) is 6.29 Å². The Bertz CT molecular complexity index is 392. The van der Waals surface area contributed by atoms with Crippen molar-refractivity contribution in [1.29, 1.82) is 0 Å². The second-order valence-corrected chi connectivity index (χ2v) is 5.37. The first-order valence-electron chi connectivity index (χ1n) is 6.71. The lowest BCUT2D eigenvalue weighted by molar-refractivity contribution is -0.298. The van der Waals surface area contributed by atoms with Gasteiger partial charge in [0.05, 0.1) is 18.8 Å². The van der Waals surface area contributed by atoms with Crippen molar-refractivity contribution in [3.05, 3.63) is 35.9 Å². The standard InChI is InChI=1S/C15H20O3/c1-10-8-11(2)17-13-9-16-15(18-14(10)13)12-6-4-3-5-7-12/h3-7,10-11,13-15H,8-9H2,1-2H3/t10?,11?,13-,14?,15?/m1/s1. The van der Waals surface area contributed by atoms with E-state index >= 15 is 0 Å². The van der Waals surface area contributed by atoms with Crippen LogP contribution in [0.2, 0.25) is 0 Å². The van der Waals surface area contributed by atoms with Gasteiger partial charge in [0.2, 0.25) is 0 Å². The monoisotopic (exact) mass is 248 g/mol. The van der Waals surface area contributed by atoms with Gasteiger partial charge >= 0.3 is 0 Å². The van der Waals surface area contributed by atoms with E-state index in [-0.39, 0.29) is 18.5 Å². The summed E-state index contributed by atoms with van der Waals surface area (Å²) in [6, 6.07) is 10.1. The highest BCUT2D eigenvalue weighted by Gasteiger charge is 2.41. The lowest BCUT2D eigenvalue weighted by Crippen LogP contribution is -2.51. The molecule has 0 radical (unpaired) electrons. The number of hydrogen-bond acceptors (Lipinski definition) is 3. The summed E-state index contributed by atoms with van der Waals surface area (Å²) >= 11 is 0. The van der Waals surface area contributed by atoms with Gasteiger partial charge in [-0.15, -0.1) is 0 Å². The Morgan fingerprint density at radius 2 is 1.83 bits per heavy atom. The van der Waals surface area contributed by atoms with Crippen molar-refractivity contribution in [3.63, 3.8) is 0 Å². The smallest absolute Gasteiger partial charge is 0.184 e. The van der Waals surface area contributed by atoms with Crippen LogP contribution in [0.1, 0.15) is 32.1 Å². The molecule has 0 aliphatic carbocycles. The lowest BCUT2D eigenvalue weighted by Gasteiger charge is -2.44. The van der Waals surface area contributed by atoms with Crippen LogP contribution in [0.4, 0.5) is 0 Å². The van der Waals surface area contributed by atoms with Crippen molar-refractivity contribution in [2.45, 2.75) is 44.9 Å². The van der Waals surface area contributed by atoms with Crippen molar-refractivity contribution < 1.29 is 14.2 Å². The molecule has 2 aliphatic heterocycles. The molecule has 0 saturated carbocycles. The van der Waals surface area contributed by atoms with E-state index in [2.05, 4.69) is 13.8 Å². The van der Waals surface area contributed by atoms with E-state index in [0.717, 1.165) is 12.0 Å². The highest BCUT2D eigenvalue weighted by atomic mass is 16.7. The molecule has 3 heteroatoms. The van der Waals surface area contributed by atoms with Gasteiger partial charge in [-0.05, 0) is 19.3 Å². The molecule has 98 valence electrons. The second-order valence-electron chi connectivity index (χ2n) is 5.37. The molecule has 3 nitrogen and oxygen atoms in total. The van der Waals surface area contributed by atoms with Gasteiger partial charge in [-0.25, -0.2) is 0 Å².